The maximum absolute atomic E-state index is 11.7. The second-order valence-electron chi connectivity index (χ2n) is 5.00. The normalized spacial score (nSPS) is 14.0. The van der Waals surface area contributed by atoms with E-state index in [0.29, 0.717) is 13.0 Å². The number of pyridine rings is 1. The lowest BCUT2D eigenvalue weighted by Crippen LogP contribution is -2.46. The maximum Gasteiger partial charge on any atom is 0.325 e. The van der Waals surface area contributed by atoms with Gasteiger partial charge in [-0.25, -0.2) is 0 Å². The first-order valence-corrected chi connectivity index (χ1v) is 7.92. The van der Waals surface area contributed by atoms with E-state index in [9.17, 15) is 4.79 Å². The molecule has 0 fully saturated rings. The van der Waals surface area contributed by atoms with E-state index in [1.165, 1.54) is 0 Å². The average Bonchev–Trinajstić information content (AvgIpc) is 2.87. The summed E-state index contributed by atoms with van der Waals surface area (Å²) in [5, 5.41) is 9.09. The molecule has 0 aliphatic carbocycles. The summed E-state index contributed by atoms with van der Waals surface area (Å²) in [5.74, 6) is 0.477. The van der Waals surface area contributed by atoms with E-state index in [-0.39, 0.29) is 5.97 Å². The number of rotatable bonds is 7. The minimum Gasteiger partial charge on any atom is -0.465 e. The molecule has 21 heavy (non-hydrogen) atoms. The van der Waals surface area contributed by atoms with Crippen LogP contribution in [0.25, 0.3) is 5.65 Å². The molecule has 0 amide bonds. The third-order valence-corrected chi connectivity index (χ3v) is 4.13. The van der Waals surface area contributed by atoms with E-state index in [1.54, 1.807) is 25.6 Å². The Kier molecular flexibility index (Phi) is 5.19. The van der Waals surface area contributed by atoms with Gasteiger partial charge >= 0.3 is 5.97 Å². The molecule has 0 aromatic carbocycles. The Hall–Kier alpha value is -1.60. The van der Waals surface area contributed by atoms with Gasteiger partial charge in [0.15, 0.2) is 10.8 Å². The van der Waals surface area contributed by atoms with Crippen LogP contribution in [-0.2, 0) is 9.53 Å². The van der Waals surface area contributed by atoms with Gasteiger partial charge in [0.1, 0.15) is 5.54 Å². The van der Waals surface area contributed by atoms with Gasteiger partial charge in [-0.15, -0.1) is 10.2 Å². The summed E-state index contributed by atoms with van der Waals surface area (Å²) in [6, 6.07) is 5.78. The highest BCUT2D eigenvalue weighted by molar-refractivity contribution is 7.99. The van der Waals surface area contributed by atoms with E-state index in [1.807, 2.05) is 28.8 Å². The van der Waals surface area contributed by atoms with Crippen LogP contribution in [0.1, 0.15) is 26.7 Å². The summed E-state index contributed by atoms with van der Waals surface area (Å²) < 4.78 is 6.91. The minimum atomic E-state index is -0.927. The Morgan fingerprint density at radius 2 is 2.29 bits per heavy atom. The van der Waals surface area contributed by atoms with Crippen molar-refractivity contribution < 1.29 is 9.53 Å². The summed E-state index contributed by atoms with van der Waals surface area (Å²) in [6.07, 6.45) is 3.32. The average molecular weight is 308 g/mol. The van der Waals surface area contributed by atoms with E-state index >= 15 is 0 Å². The number of nitrogens with two attached hydrogens (primary N) is 1. The van der Waals surface area contributed by atoms with Gasteiger partial charge in [0.05, 0.1) is 6.61 Å². The van der Waals surface area contributed by atoms with Gasteiger partial charge in [-0.05, 0) is 38.8 Å². The van der Waals surface area contributed by atoms with Crippen LogP contribution >= 0.6 is 11.8 Å². The van der Waals surface area contributed by atoms with Crippen molar-refractivity contribution in [2.75, 3.05) is 12.4 Å². The van der Waals surface area contributed by atoms with Crippen LogP contribution in [0.15, 0.2) is 29.6 Å². The molecule has 2 aromatic heterocycles. The van der Waals surface area contributed by atoms with Gasteiger partial charge in [0.25, 0.3) is 0 Å². The van der Waals surface area contributed by atoms with E-state index in [0.717, 1.165) is 23.0 Å². The largest absolute Gasteiger partial charge is 0.465 e. The van der Waals surface area contributed by atoms with Crippen molar-refractivity contribution in [3.05, 3.63) is 24.4 Å². The summed E-state index contributed by atoms with van der Waals surface area (Å²) in [4.78, 5) is 11.7. The molecule has 0 aliphatic rings. The molecule has 7 heteroatoms. The van der Waals surface area contributed by atoms with Crippen LogP contribution in [0.3, 0.4) is 0 Å². The third kappa shape index (κ3) is 3.95. The van der Waals surface area contributed by atoms with Crippen LogP contribution in [0, 0.1) is 0 Å². The molecular formula is C14H20N4O2S. The van der Waals surface area contributed by atoms with E-state index in [2.05, 4.69) is 10.2 Å². The number of fused-ring (bicyclic) bond motifs is 1. The number of aromatic nitrogens is 3. The molecule has 2 rings (SSSR count). The van der Waals surface area contributed by atoms with Crippen molar-refractivity contribution in [1.82, 2.24) is 14.6 Å². The van der Waals surface area contributed by atoms with Gasteiger partial charge in [-0.1, -0.05) is 17.8 Å². The molecule has 0 aliphatic heterocycles. The SMILES string of the molecule is CCOC(=O)C(C)(N)CCCSc1nnc2ccccn12. The maximum atomic E-state index is 11.7. The predicted molar refractivity (Wildman–Crippen MR) is 82.2 cm³/mol. The Balaban J connectivity index is 1.83. The van der Waals surface area contributed by atoms with Crippen LogP contribution in [0.5, 0.6) is 0 Å². The molecule has 1 unspecified atom stereocenters. The number of carbonyl (C=O) groups is 1. The molecule has 114 valence electrons. The van der Waals surface area contributed by atoms with E-state index in [4.69, 9.17) is 10.5 Å². The second-order valence-corrected chi connectivity index (χ2v) is 6.06. The quantitative estimate of drug-likeness (QED) is 0.478. The minimum absolute atomic E-state index is 0.345. The third-order valence-electron chi connectivity index (χ3n) is 3.10. The molecule has 0 saturated carbocycles. The lowest BCUT2D eigenvalue weighted by molar-refractivity contribution is -0.149. The molecular weight excluding hydrogens is 288 g/mol. The van der Waals surface area contributed by atoms with Crippen LogP contribution in [-0.4, -0.2) is 38.5 Å². The smallest absolute Gasteiger partial charge is 0.325 e. The summed E-state index contributed by atoms with van der Waals surface area (Å²) in [5.41, 5.74) is 5.88. The number of carbonyl (C=O) groups excluding carboxylic acids is 1. The Morgan fingerprint density at radius 1 is 1.48 bits per heavy atom. The lowest BCUT2D eigenvalue weighted by Gasteiger charge is -2.21. The molecule has 0 bridgehead atoms. The van der Waals surface area contributed by atoms with Crippen molar-refractivity contribution in [3.63, 3.8) is 0 Å². The monoisotopic (exact) mass is 308 g/mol. The molecule has 2 aromatic rings. The zero-order valence-electron chi connectivity index (χ0n) is 12.3. The highest BCUT2D eigenvalue weighted by Crippen LogP contribution is 2.20. The first kappa shape index (κ1) is 15.8. The number of hydrogen-bond donors (Lipinski definition) is 1. The fraction of sp³-hybridized carbons (Fsp3) is 0.500. The number of esters is 1. The molecule has 0 radical (unpaired) electrons. The fourth-order valence-electron chi connectivity index (χ4n) is 1.92. The van der Waals surface area contributed by atoms with Gasteiger partial charge in [-0.2, -0.15) is 0 Å². The molecule has 1 atom stereocenters. The van der Waals surface area contributed by atoms with Crippen molar-refractivity contribution in [2.45, 2.75) is 37.4 Å². The first-order valence-electron chi connectivity index (χ1n) is 6.93. The van der Waals surface area contributed by atoms with Crippen molar-refractivity contribution in [3.8, 4) is 0 Å². The lowest BCUT2D eigenvalue weighted by atomic mass is 9.98. The van der Waals surface area contributed by atoms with Crippen molar-refractivity contribution >= 4 is 23.4 Å². The second kappa shape index (κ2) is 6.91. The zero-order chi connectivity index (χ0) is 15.3. The number of hydrogen-bond acceptors (Lipinski definition) is 6. The van der Waals surface area contributed by atoms with E-state index < -0.39 is 5.54 Å². The van der Waals surface area contributed by atoms with Gasteiger partial charge < -0.3 is 10.5 Å². The Bertz CT molecular complexity index is 612. The Labute approximate surface area is 128 Å². The molecule has 2 N–H and O–H groups in total. The highest BCUT2D eigenvalue weighted by atomic mass is 32.2. The Morgan fingerprint density at radius 3 is 3.05 bits per heavy atom. The predicted octanol–water partition coefficient (Wildman–Crippen LogP) is 1.88. The topological polar surface area (TPSA) is 82.5 Å². The summed E-state index contributed by atoms with van der Waals surface area (Å²) in [6.45, 7) is 3.84. The van der Waals surface area contributed by atoms with Crippen LogP contribution in [0.4, 0.5) is 0 Å². The van der Waals surface area contributed by atoms with Gasteiger partial charge in [0, 0.05) is 11.9 Å². The van der Waals surface area contributed by atoms with Crippen LogP contribution < -0.4 is 5.73 Å². The van der Waals surface area contributed by atoms with Gasteiger partial charge in [-0.3, -0.25) is 9.20 Å². The molecule has 2 heterocycles. The number of nitrogens with zero attached hydrogens (tertiary/aromatic N) is 3. The number of ether oxygens (including phenoxy) is 1. The first-order chi connectivity index (χ1) is 10.0. The fourth-order valence-corrected chi connectivity index (χ4v) is 2.78. The van der Waals surface area contributed by atoms with Crippen molar-refractivity contribution in [1.29, 1.82) is 0 Å². The zero-order valence-corrected chi connectivity index (χ0v) is 13.1. The standard InChI is InChI=1S/C14H20N4O2S/c1-3-20-12(19)14(2,15)8-6-10-21-13-17-16-11-7-4-5-9-18(11)13/h4-5,7,9H,3,6,8,10,15H2,1-2H3. The van der Waals surface area contributed by atoms with Crippen LogP contribution in [0.2, 0.25) is 0 Å². The summed E-state index contributed by atoms with van der Waals surface area (Å²) >= 11 is 1.60. The molecule has 0 spiro atoms. The summed E-state index contributed by atoms with van der Waals surface area (Å²) in [7, 11) is 0. The highest BCUT2D eigenvalue weighted by Gasteiger charge is 2.29. The molecule has 0 saturated heterocycles. The molecule has 6 nitrogen and oxygen atoms in total. The van der Waals surface area contributed by atoms with Crippen molar-refractivity contribution in [2.24, 2.45) is 5.73 Å². The number of thioether (sulfide) groups is 1. The van der Waals surface area contributed by atoms with Gasteiger partial charge in [0.2, 0.25) is 0 Å².